The van der Waals surface area contributed by atoms with E-state index >= 15 is 0 Å². The highest BCUT2D eigenvalue weighted by Gasteiger charge is 2.34. The van der Waals surface area contributed by atoms with Gasteiger partial charge in [-0.2, -0.15) is 9.97 Å². The minimum atomic E-state index is -0.0251. The van der Waals surface area contributed by atoms with Crippen LogP contribution in [0.2, 0.25) is 5.02 Å². The van der Waals surface area contributed by atoms with Crippen LogP contribution in [0.4, 0.5) is 5.82 Å². The Bertz CT molecular complexity index is 1460. The number of benzene rings is 2. The summed E-state index contributed by atoms with van der Waals surface area (Å²) in [6, 6.07) is 13.5. The topological polar surface area (TPSA) is 65.0 Å². The van der Waals surface area contributed by atoms with E-state index in [0.717, 1.165) is 52.3 Å². The van der Waals surface area contributed by atoms with Crippen molar-refractivity contribution in [3.05, 3.63) is 70.9 Å². The lowest BCUT2D eigenvalue weighted by molar-refractivity contribution is -0.128. The maximum Gasteiger partial charge on any atom is 0.318 e. The third kappa shape index (κ3) is 5.41. The van der Waals surface area contributed by atoms with Gasteiger partial charge in [-0.3, -0.25) is 9.69 Å². The minimum Gasteiger partial charge on any atom is -0.462 e. The second kappa shape index (κ2) is 11.6. The Morgan fingerprint density at radius 1 is 1.12 bits per heavy atom. The maximum atomic E-state index is 12.4. The lowest BCUT2D eigenvalue weighted by atomic mass is 9.90. The molecule has 8 nitrogen and oxygen atoms in total. The molecular formula is C32H39ClN6O2. The summed E-state index contributed by atoms with van der Waals surface area (Å²) in [6.45, 7) is 10.2. The van der Waals surface area contributed by atoms with E-state index in [1.165, 1.54) is 18.1 Å². The molecule has 216 valence electrons. The lowest BCUT2D eigenvalue weighted by Crippen LogP contribution is -2.54. The lowest BCUT2D eigenvalue weighted by Gasteiger charge is -2.42. The molecule has 0 aliphatic carbocycles. The first-order valence-corrected chi connectivity index (χ1v) is 15.0. The number of piperazine rings is 1. The smallest absolute Gasteiger partial charge is 0.318 e. The molecule has 3 aliphatic heterocycles. The number of hydrogen-bond donors (Lipinski definition) is 0. The van der Waals surface area contributed by atoms with Crippen molar-refractivity contribution in [2.24, 2.45) is 0 Å². The van der Waals surface area contributed by atoms with Gasteiger partial charge >= 0.3 is 6.01 Å². The van der Waals surface area contributed by atoms with Crippen molar-refractivity contribution in [2.45, 2.75) is 50.9 Å². The number of halogens is 1. The molecule has 2 fully saturated rings. The second-order valence-corrected chi connectivity index (χ2v) is 12.1. The second-order valence-electron chi connectivity index (χ2n) is 11.7. The number of hydrogen-bond acceptors (Lipinski definition) is 7. The quantitative estimate of drug-likeness (QED) is 0.395. The number of ether oxygens (including phenoxy) is 1. The standard InChI is InChI=1S/C32H39ClN6O2/c1-5-29(40)39-16-15-38(18-21(39)2)31-25-19-37(4)28(24-12-6-9-22-10-7-13-26(33)30(22)24)17-27(25)34-32(35-31)41-20-23-11-8-14-36(23)3/h5-7,9-10,12-13,21,23,28H,1,8,11,14-20H2,2-4H3/t21-,23+,28?/m1/s1. The summed E-state index contributed by atoms with van der Waals surface area (Å²) in [6.07, 6.45) is 4.45. The molecule has 1 unspecified atom stereocenters. The number of likely N-dealkylation sites (tertiary alicyclic amines) is 1. The molecule has 3 aliphatic rings. The van der Waals surface area contributed by atoms with Gasteiger partial charge in [-0.25, -0.2) is 0 Å². The highest BCUT2D eigenvalue weighted by Crippen LogP contribution is 2.40. The summed E-state index contributed by atoms with van der Waals surface area (Å²) in [5.41, 5.74) is 3.37. The number of aromatic nitrogens is 2. The molecule has 0 N–H and O–H groups in total. The van der Waals surface area contributed by atoms with Crippen LogP contribution in [0.5, 0.6) is 6.01 Å². The van der Waals surface area contributed by atoms with Crippen molar-refractivity contribution in [1.29, 1.82) is 0 Å². The zero-order valence-electron chi connectivity index (χ0n) is 24.2. The molecular weight excluding hydrogens is 536 g/mol. The average molecular weight is 575 g/mol. The first-order chi connectivity index (χ1) is 19.8. The van der Waals surface area contributed by atoms with Crippen molar-refractivity contribution in [3.63, 3.8) is 0 Å². The summed E-state index contributed by atoms with van der Waals surface area (Å²) >= 11 is 6.75. The first kappa shape index (κ1) is 27.9. The Labute approximate surface area is 247 Å². The van der Waals surface area contributed by atoms with Crippen LogP contribution in [0.15, 0.2) is 49.1 Å². The van der Waals surface area contributed by atoms with E-state index in [1.54, 1.807) is 0 Å². The number of rotatable bonds is 6. The van der Waals surface area contributed by atoms with Gasteiger partial charge in [0.2, 0.25) is 5.91 Å². The van der Waals surface area contributed by atoms with Gasteiger partial charge in [-0.05, 0) is 63.5 Å². The molecule has 2 aromatic carbocycles. The van der Waals surface area contributed by atoms with Gasteiger partial charge in [0.25, 0.3) is 0 Å². The third-order valence-corrected chi connectivity index (χ3v) is 9.40. The maximum absolute atomic E-state index is 12.4. The van der Waals surface area contributed by atoms with E-state index in [9.17, 15) is 4.79 Å². The summed E-state index contributed by atoms with van der Waals surface area (Å²) in [5.74, 6) is 0.895. The van der Waals surface area contributed by atoms with Crippen molar-refractivity contribution >= 4 is 34.1 Å². The molecule has 41 heavy (non-hydrogen) atoms. The van der Waals surface area contributed by atoms with Crippen LogP contribution in [0.3, 0.4) is 0 Å². The summed E-state index contributed by atoms with van der Waals surface area (Å²) in [7, 11) is 4.32. The SMILES string of the molecule is C=CC(=O)N1CCN(c2nc(OC[C@@H]3CCCN3C)nc3c2CN(C)C(c2cccc4cccc(Cl)c24)C3)C[C@H]1C. The Morgan fingerprint density at radius 2 is 1.93 bits per heavy atom. The average Bonchev–Trinajstić information content (AvgIpc) is 3.39. The van der Waals surface area contributed by atoms with Crippen LogP contribution >= 0.6 is 11.6 Å². The monoisotopic (exact) mass is 574 g/mol. The van der Waals surface area contributed by atoms with Crippen LogP contribution in [-0.2, 0) is 17.8 Å². The summed E-state index contributed by atoms with van der Waals surface area (Å²) < 4.78 is 6.32. The Morgan fingerprint density at radius 3 is 2.66 bits per heavy atom. The Balaban J connectivity index is 1.36. The molecule has 0 radical (unpaired) electrons. The van der Waals surface area contributed by atoms with Gasteiger partial charge in [0.05, 0.1) is 5.69 Å². The predicted molar refractivity (Wildman–Crippen MR) is 164 cm³/mol. The van der Waals surface area contributed by atoms with E-state index < -0.39 is 0 Å². The van der Waals surface area contributed by atoms with Crippen molar-refractivity contribution < 1.29 is 9.53 Å². The molecule has 6 rings (SSSR count). The number of carbonyl (C=O) groups is 1. The molecule has 9 heteroatoms. The summed E-state index contributed by atoms with van der Waals surface area (Å²) in [4.78, 5) is 31.4. The van der Waals surface area contributed by atoms with Crippen LogP contribution in [0.1, 0.15) is 42.6 Å². The van der Waals surface area contributed by atoms with Gasteiger partial charge in [0.1, 0.15) is 12.4 Å². The number of carbonyl (C=O) groups excluding carboxylic acids is 1. The van der Waals surface area contributed by atoms with Gasteiger partial charge in [-0.1, -0.05) is 48.5 Å². The van der Waals surface area contributed by atoms with Gasteiger partial charge in [0.15, 0.2) is 0 Å². The van der Waals surface area contributed by atoms with Crippen LogP contribution < -0.4 is 9.64 Å². The molecule has 1 amide bonds. The van der Waals surface area contributed by atoms with Gasteiger partial charge in [-0.15, -0.1) is 0 Å². The molecule has 4 heterocycles. The highest BCUT2D eigenvalue weighted by atomic mass is 35.5. The largest absolute Gasteiger partial charge is 0.462 e. The number of amides is 1. The normalized spacial score (nSPS) is 23.6. The molecule has 3 aromatic rings. The van der Waals surface area contributed by atoms with Crippen LogP contribution in [0.25, 0.3) is 10.8 Å². The van der Waals surface area contributed by atoms with Gasteiger partial charge < -0.3 is 19.4 Å². The molecule has 0 bridgehead atoms. The number of anilines is 1. The molecule has 1 aromatic heterocycles. The fraction of sp³-hybridized carbons (Fsp3) is 0.469. The van der Waals surface area contributed by atoms with Crippen molar-refractivity contribution in [2.75, 3.05) is 51.8 Å². The van der Waals surface area contributed by atoms with Gasteiger partial charge in [0, 0.05) is 66.7 Å². The molecule has 3 atom stereocenters. The van der Waals surface area contributed by atoms with Crippen LogP contribution in [-0.4, -0.2) is 89.5 Å². The van der Waals surface area contributed by atoms with E-state index in [-0.39, 0.29) is 18.0 Å². The molecule has 2 saturated heterocycles. The Kier molecular flexibility index (Phi) is 7.90. The predicted octanol–water partition coefficient (Wildman–Crippen LogP) is 4.71. The molecule has 0 saturated carbocycles. The highest BCUT2D eigenvalue weighted by molar-refractivity contribution is 6.35. The zero-order chi connectivity index (χ0) is 28.7. The number of likely N-dealkylation sites (N-methyl/N-ethyl adjacent to an activating group) is 2. The fourth-order valence-corrected chi connectivity index (χ4v) is 7.04. The third-order valence-electron chi connectivity index (χ3n) is 9.08. The molecule has 0 spiro atoms. The number of fused-ring (bicyclic) bond motifs is 2. The van der Waals surface area contributed by atoms with Crippen LogP contribution in [0, 0.1) is 0 Å². The Hall–Kier alpha value is -3.20. The fourth-order valence-electron chi connectivity index (χ4n) is 6.75. The van der Waals surface area contributed by atoms with E-state index in [0.29, 0.717) is 44.8 Å². The minimum absolute atomic E-state index is 0.0251. The van der Waals surface area contributed by atoms with E-state index in [2.05, 4.69) is 66.6 Å². The first-order valence-electron chi connectivity index (χ1n) is 14.6. The van der Waals surface area contributed by atoms with Crippen molar-refractivity contribution in [3.8, 4) is 6.01 Å². The van der Waals surface area contributed by atoms with E-state index in [1.807, 2.05) is 17.0 Å². The number of nitrogens with zero attached hydrogens (tertiary/aromatic N) is 6. The van der Waals surface area contributed by atoms with E-state index in [4.69, 9.17) is 26.3 Å². The van der Waals surface area contributed by atoms with Crippen molar-refractivity contribution in [1.82, 2.24) is 24.7 Å². The summed E-state index contributed by atoms with van der Waals surface area (Å²) in [5, 5.41) is 3.01. The zero-order valence-corrected chi connectivity index (χ0v) is 25.0.